The van der Waals surface area contributed by atoms with Crippen molar-refractivity contribution in [1.29, 1.82) is 0 Å². The topological polar surface area (TPSA) is 69.7 Å². The van der Waals surface area contributed by atoms with Gasteiger partial charge in [-0.05, 0) is 47.9 Å². The Balaban J connectivity index is 1.29. The van der Waals surface area contributed by atoms with E-state index in [1.807, 2.05) is 55.5 Å². The standard InChI is InChI=1S/C26H23N3O3/c1-17-6-8-18(9-7-17)15-27-24(30)19-10-12-22(13-11-19)29-25(31)23-14-20-4-2-3-5-21(20)16-28(23)26(29)32/h2-13,23H,14-16H2,1H3,(H,27,30). The van der Waals surface area contributed by atoms with Crippen LogP contribution in [0.25, 0.3) is 0 Å². The van der Waals surface area contributed by atoms with Crippen LogP contribution in [0.4, 0.5) is 10.5 Å². The molecule has 2 aliphatic rings. The third-order valence-corrected chi connectivity index (χ3v) is 6.15. The Hall–Kier alpha value is -3.93. The number of carbonyl (C=O) groups excluding carboxylic acids is 3. The van der Waals surface area contributed by atoms with Crippen LogP contribution in [0.2, 0.25) is 0 Å². The molecule has 2 heterocycles. The highest BCUT2D eigenvalue weighted by atomic mass is 16.2. The van der Waals surface area contributed by atoms with Gasteiger partial charge in [-0.15, -0.1) is 0 Å². The normalized spacial score (nSPS) is 17.2. The van der Waals surface area contributed by atoms with Crippen molar-refractivity contribution in [1.82, 2.24) is 10.2 Å². The fourth-order valence-electron chi connectivity index (χ4n) is 4.31. The van der Waals surface area contributed by atoms with Crippen molar-refractivity contribution >= 4 is 23.5 Å². The summed E-state index contributed by atoms with van der Waals surface area (Å²) < 4.78 is 0. The van der Waals surface area contributed by atoms with Crippen LogP contribution < -0.4 is 10.2 Å². The molecular weight excluding hydrogens is 402 g/mol. The number of aryl methyl sites for hydroxylation is 1. The lowest BCUT2D eigenvalue weighted by Crippen LogP contribution is -2.39. The first kappa shape index (κ1) is 20.0. The van der Waals surface area contributed by atoms with Gasteiger partial charge in [0.25, 0.3) is 11.8 Å². The first-order valence-electron chi connectivity index (χ1n) is 10.7. The van der Waals surface area contributed by atoms with E-state index in [1.165, 1.54) is 10.5 Å². The number of hydrogen-bond donors (Lipinski definition) is 1. The van der Waals surface area contributed by atoms with Gasteiger partial charge in [-0.25, -0.2) is 9.69 Å². The first-order chi connectivity index (χ1) is 15.5. The molecule has 6 heteroatoms. The van der Waals surface area contributed by atoms with Crippen LogP contribution in [0.5, 0.6) is 0 Å². The third-order valence-electron chi connectivity index (χ3n) is 6.15. The summed E-state index contributed by atoms with van der Waals surface area (Å²) in [4.78, 5) is 41.4. The van der Waals surface area contributed by atoms with Gasteiger partial charge in [0.2, 0.25) is 0 Å². The zero-order chi connectivity index (χ0) is 22.2. The molecule has 0 radical (unpaired) electrons. The number of fused-ring (bicyclic) bond motifs is 2. The molecule has 3 aromatic rings. The second-order valence-corrected chi connectivity index (χ2v) is 8.29. The predicted octanol–water partition coefficient (Wildman–Crippen LogP) is 3.82. The van der Waals surface area contributed by atoms with Crippen molar-refractivity contribution in [2.45, 2.75) is 32.5 Å². The zero-order valence-electron chi connectivity index (χ0n) is 17.7. The number of hydrogen-bond acceptors (Lipinski definition) is 3. The van der Waals surface area contributed by atoms with E-state index in [-0.39, 0.29) is 17.8 Å². The first-order valence-corrected chi connectivity index (χ1v) is 10.7. The molecule has 32 heavy (non-hydrogen) atoms. The number of urea groups is 1. The summed E-state index contributed by atoms with van der Waals surface area (Å²) in [6.07, 6.45) is 0.525. The summed E-state index contributed by atoms with van der Waals surface area (Å²) in [5.74, 6) is -0.426. The Kier molecular flexibility index (Phi) is 4.98. The molecule has 1 fully saturated rings. The average molecular weight is 425 g/mol. The van der Waals surface area contributed by atoms with Crippen molar-refractivity contribution in [2.75, 3.05) is 4.90 Å². The second kappa shape index (κ2) is 7.96. The minimum Gasteiger partial charge on any atom is -0.348 e. The Morgan fingerprint density at radius 2 is 1.62 bits per heavy atom. The lowest BCUT2D eigenvalue weighted by molar-refractivity contribution is -0.120. The van der Waals surface area contributed by atoms with E-state index in [9.17, 15) is 14.4 Å². The average Bonchev–Trinajstić information content (AvgIpc) is 3.06. The van der Waals surface area contributed by atoms with E-state index in [0.29, 0.717) is 30.8 Å². The van der Waals surface area contributed by atoms with Crippen LogP contribution in [-0.2, 0) is 24.3 Å². The number of amides is 4. The lowest BCUT2D eigenvalue weighted by Gasteiger charge is -2.28. The molecule has 0 aliphatic carbocycles. The number of benzene rings is 3. The molecule has 0 spiro atoms. The summed E-state index contributed by atoms with van der Waals surface area (Å²) in [6, 6.07) is 21.7. The van der Waals surface area contributed by atoms with Crippen LogP contribution in [0.1, 0.15) is 32.6 Å². The monoisotopic (exact) mass is 425 g/mol. The van der Waals surface area contributed by atoms with E-state index < -0.39 is 6.04 Å². The van der Waals surface area contributed by atoms with E-state index in [4.69, 9.17) is 0 Å². The lowest BCUT2D eigenvalue weighted by atomic mass is 9.95. The Morgan fingerprint density at radius 3 is 2.34 bits per heavy atom. The molecule has 1 atom stereocenters. The maximum atomic E-state index is 13.0. The second-order valence-electron chi connectivity index (χ2n) is 8.29. The smallest absolute Gasteiger partial charge is 0.332 e. The number of imide groups is 1. The Labute approximate surface area is 186 Å². The summed E-state index contributed by atoms with van der Waals surface area (Å²) in [6.45, 7) is 2.88. The summed E-state index contributed by atoms with van der Waals surface area (Å²) in [5, 5.41) is 2.90. The van der Waals surface area contributed by atoms with Gasteiger partial charge < -0.3 is 10.2 Å². The zero-order valence-corrected chi connectivity index (χ0v) is 17.7. The maximum Gasteiger partial charge on any atom is 0.332 e. The number of rotatable bonds is 4. The summed E-state index contributed by atoms with van der Waals surface area (Å²) in [5.41, 5.74) is 5.33. The van der Waals surface area contributed by atoms with Crippen LogP contribution in [0.3, 0.4) is 0 Å². The molecular formula is C26H23N3O3. The highest BCUT2D eigenvalue weighted by molar-refractivity contribution is 6.21. The highest BCUT2D eigenvalue weighted by Gasteiger charge is 2.47. The third kappa shape index (κ3) is 3.54. The van der Waals surface area contributed by atoms with Crippen molar-refractivity contribution in [2.24, 2.45) is 0 Å². The van der Waals surface area contributed by atoms with Gasteiger partial charge in [-0.2, -0.15) is 0 Å². The van der Waals surface area contributed by atoms with E-state index in [2.05, 4.69) is 5.32 Å². The highest BCUT2D eigenvalue weighted by Crippen LogP contribution is 2.32. The Bertz CT molecular complexity index is 1160. The molecule has 0 bridgehead atoms. The van der Waals surface area contributed by atoms with Gasteiger partial charge in [-0.3, -0.25) is 9.59 Å². The number of anilines is 1. The summed E-state index contributed by atoms with van der Waals surface area (Å²) >= 11 is 0. The quantitative estimate of drug-likeness (QED) is 0.646. The number of nitrogens with zero attached hydrogens (tertiary/aromatic N) is 2. The maximum absolute atomic E-state index is 13.0. The molecule has 6 nitrogen and oxygen atoms in total. The SMILES string of the molecule is Cc1ccc(CNC(=O)c2ccc(N3C(=O)C4Cc5ccccc5CN4C3=O)cc2)cc1. The van der Waals surface area contributed by atoms with E-state index in [1.54, 1.807) is 29.2 Å². The van der Waals surface area contributed by atoms with Crippen LogP contribution in [-0.4, -0.2) is 28.8 Å². The molecule has 5 rings (SSSR count). The van der Waals surface area contributed by atoms with Crippen LogP contribution in [0.15, 0.2) is 72.8 Å². The Morgan fingerprint density at radius 1 is 0.938 bits per heavy atom. The number of carbonyl (C=O) groups is 3. The van der Waals surface area contributed by atoms with Gasteiger partial charge in [0.05, 0.1) is 5.69 Å². The minimum atomic E-state index is -0.477. The van der Waals surface area contributed by atoms with Gasteiger partial charge >= 0.3 is 6.03 Å². The molecule has 1 unspecified atom stereocenters. The molecule has 0 aromatic heterocycles. The van der Waals surface area contributed by atoms with Crippen molar-refractivity contribution in [3.63, 3.8) is 0 Å². The minimum absolute atomic E-state index is 0.205. The van der Waals surface area contributed by atoms with E-state index >= 15 is 0 Å². The van der Waals surface area contributed by atoms with Crippen LogP contribution >= 0.6 is 0 Å². The van der Waals surface area contributed by atoms with Crippen molar-refractivity contribution < 1.29 is 14.4 Å². The fourth-order valence-corrected chi connectivity index (χ4v) is 4.31. The molecule has 160 valence electrons. The predicted molar refractivity (Wildman–Crippen MR) is 121 cm³/mol. The molecule has 2 aliphatic heterocycles. The van der Waals surface area contributed by atoms with Gasteiger partial charge in [0.15, 0.2) is 0 Å². The largest absolute Gasteiger partial charge is 0.348 e. The molecule has 3 aromatic carbocycles. The van der Waals surface area contributed by atoms with Gasteiger partial charge in [0, 0.05) is 25.1 Å². The molecule has 4 amide bonds. The van der Waals surface area contributed by atoms with Crippen molar-refractivity contribution in [3.8, 4) is 0 Å². The van der Waals surface area contributed by atoms with E-state index in [0.717, 1.165) is 16.7 Å². The summed E-state index contributed by atoms with van der Waals surface area (Å²) in [7, 11) is 0. The van der Waals surface area contributed by atoms with Gasteiger partial charge in [0.1, 0.15) is 6.04 Å². The molecule has 1 N–H and O–H groups in total. The fraction of sp³-hybridized carbons (Fsp3) is 0.192. The molecule has 0 saturated carbocycles. The number of nitrogens with one attached hydrogen (secondary N) is 1. The molecule has 1 saturated heterocycles. The van der Waals surface area contributed by atoms with Gasteiger partial charge in [-0.1, -0.05) is 54.1 Å². The van der Waals surface area contributed by atoms with Crippen molar-refractivity contribution in [3.05, 3.63) is 101 Å². The van der Waals surface area contributed by atoms with Crippen LogP contribution in [0, 0.1) is 6.92 Å².